The van der Waals surface area contributed by atoms with Crippen molar-refractivity contribution >= 4 is 43.8 Å². The minimum absolute atomic E-state index is 0. The first kappa shape index (κ1) is 54.0. The number of aldehydes is 1. The van der Waals surface area contributed by atoms with Gasteiger partial charge in [-0.2, -0.15) is 0 Å². The number of carbonyl (C=O) groups excluding carboxylic acids is 3. The van der Waals surface area contributed by atoms with E-state index in [0.29, 0.717) is 14.0 Å². The number of carboxylic acids is 1. The van der Waals surface area contributed by atoms with E-state index in [-0.39, 0.29) is 82.4 Å². The maximum Gasteiger partial charge on any atom is 1.00 e. The third kappa shape index (κ3) is 27.6. The van der Waals surface area contributed by atoms with E-state index < -0.39 is 17.9 Å². The van der Waals surface area contributed by atoms with Crippen molar-refractivity contribution < 1.29 is 116 Å². The molecule has 2 fully saturated rings. The fraction of sp³-hybridized carbons (Fsp3) is 0.300. The molecule has 2 N–H and O–H groups in total. The predicted octanol–water partition coefficient (Wildman–Crippen LogP) is -3.37. The largest absolute Gasteiger partial charge is 1.00 e. The topological polar surface area (TPSA) is 180 Å². The van der Waals surface area contributed by atoms with Crippen LogP contribution in [0.4, 0.5) is 11.9 Å². The van der Waals surface area contributed by atoms with Crippen LogP contribution in [0, 0.1) is 23.7 Å². The van der Waals surface area contributed by atoms with Gasteiger partial charge in [0.05, 0.1) is 6.54 Å². The molecule has 6 rings (SSSR count). The van der Waals surface area contributed by atoms with Crippen molar-refractivity contribution in [1.82, 2.24) is 30.2 Å². The molecule has 18 heteroatoms. The number of anilines is 2. The van der Waals surface area contributed by atoms with Crippen LogP contribution in [-0.4, -0.2) is 121 Å². The molecule has 58 heavy (non-hydrogen) atoms. The van der Waals surface area contributed by atoms with E-state index in [4.69, 9.17) is 9.90 Å². The van der Waals surface area contributed by atoms with Gasteiger partial charge in [0.15, 0.2) is 6.29 Å². The van der Waals surface area contributed by atoms with Crippen LogP contribution < -0.4 is 96.1 Å². The molecule has 4 heterocycles. The molecule has 2 aliphatic heterocycles. The number of hydrogen-bond acceptors (Lipinski definition) is 14. The normalized spacial score (nSPS) is 12.3. The molecule has 2 saturated heterocycles. The van der Waals surface area contributed by atoms with Crippen LogP contribution >= 0.6 is 0 Å². The van der Waals surface area contributed by atoms with Gasteiger partial charge in [0.2, 0.25) is 11.9 Å². The van der Waals surface area contributed by atoms with Gasteiger partial charge in [0, 0.05) is 109 Å². The fourth-order valence-corrected chi connectivity index (χ4v) is 4.45. The van der Waals surface area contributed by atoms with Gasteiger partial charge in [-0.3, -0.25) is 24.1 Å². The molecular formula is C40H47BKN8NaO7. The van der Waals surface area contributed by atoms with Crippen molar-refractivity contribution in [1.29, 1.82) is 0 Å². The van der Waals surface area contributed by atoms with Gasteiger partial charge in [-0.15, -0.1) is 0 Å². The van der Waals surface area contributed by atoms with E-state index in [2.05, 4.69) is 72.9 Å². The van der Waals surface area contributed by atoms with Crippen molar-refractivity contribution in [3.05, 3.63) is 109 Å². The van der Waals surface area contributed by atoms with Gasteiger partial charge in [0.1, 0.15) is 7.69 Å². The first-order chi connectivity index (χ1) is 27.2. The maximum absolute atomic E-state index is 9.98. The summed E-state index contributed by atoms with van der Waals surface area (Å²) in [6.07, 6.45) is 7.74. The summed E-state index contributed by atoms with van der Waals surface area (Å²) in [7, 11) is 0.699. The second-order valence-corrected chi connectivity index (χ2v) is 11.4. The summed E-state index contributed by atoms with van der Waals surface area (Å²) in [5.41, 5.74) is 1.95. The van der Waals surface area contributed by atoms with Crippen LogP contribution in [-0.2, 0) is 28.5 Å². The summed E-state index contributed by atoms with van der Waals surface area (Å²) in [4.78, 5) is 62.5. The van der Waals surface area contributed by atoms with Gasteiger partial charge in [-0.05, 0) is 42.3 Å². The van der Waals surface area contributed by atoms with E-state index in [0.717, 1.165) is 88.9 Å². The summed E-state index contributed by atoms with van der Waals surface area (Å²) in [6.45, 7) is 12.3. The van der Waals surface area contributed by atoms with Crippen LogP contribution in [0.3, 0.4) is 0 Å². The number of carbonyl (C=O) groups is 4. The van der Waals surface area contributed by atoms with Crippen LogP contribution in [0.25, 0.3) is 0 Å². The Kier molecular flexibility index (Phi) is 32.6. The van der Waals surface area contributed by atoms with Crippen molar-refractivity contribution in [2.75, 3.05) is 68.7 Å². The maximum atomic E-state index is 9.98. The molecule has 0 bridgehead atoms. The van der Waals surface area contributed by atoms with Crippen LogP contribution in [0.2, 0.25) is 0 Å². The molecule has 15 nitrogen and oxygen atoms in total. The number of benzene rings is 2. The molecule has 0 aliphatic carbocycles. The van der Waals surface area contributed by atoms with Crippen molar-refractivity contribution in [3.63, 3.8) is 0 Å². The summed E-state index contributed by atoms with van der Waals surface area (Å²) in [6, 6.07) is 23.2. The van der Waals surface area contributed by atoms with Gasteiger partial charge in [-0.1, -0.05) is 54.2 Å². The van der Waals surface area contributed by atoms with Crippen LogP contribution in [0.15, 0.2) is 97.6 Å². The zero-order chi connectivity index (χ0) is 40.6. The number of rotatable bonds is 5. The molecule has 2 radical (unpaired) electrons. The Bertz CT molecular complexity index is 1830. The van der Waals surface area contributed by atoms with Crippen LogP contribution in [0.1, 0.15) is 33.3 Å². The number of hydrogen-bond donors (Lipinski definition) is 2. The van der Waals surface area contributed by atoms with E-state index >= 15 is 0 Å². The first-order valence-corrected chi connectivity index (χ1v) is 17.5. The fourth-order valence-electron chi connectivity index (χ4n) is 4.45. The number of aliphatic carboxylic acids is 1. The van der Waals surface area contributed by atoms with Gasteiger partial charge >= 0.3 is 80.9 Å². The average molecular weight is 825 g/mol. The Morgan fingerprint density at radius 3 is 1.55 bits per heavy atom. The molecule has 0 spiro atoms. The minimum atomic E-state index is -0.833. The number of aromatic nitrogens is 4. The van der Waals surface area contributed by atoms with Crippen molar-refractivity contribution in [2.45, 2.75) is 20.8 Å². The molecule has 4 aromatic rings. The molecule has 0 saturated carbocycles. The summed E-state index contributed by atoms with van der Waals surface area (Å²) in [5.74, 6) is 11.3. The summed E-state index contributed by atoms with van der Waals surface area (Å²) in [5, 5.41) is 10.7. The second kappa shape index (κ2) is 35.0. The van der Waals surface area contributed by atoms with E-state index in [1.54, 1.807) is 24.8 Å². The van der Waals surface area contributed by atoms with Gasteiger partial charge in [-0.25, -0.2) is 19.9 Å². The number of carboxylic acid groups (broad SMARTS) is 1. The van der Waals surface area contributed by atoms with Crippen molar-refractivity contribution in [2.24, 2.45) is 0 Å². The van der Waals surface area contributed by atoms with E-state index in [9.17, 15) is 14.4 Å². The summed E-state index contributed by atoms with van der Waals surface area (Å²) < 4.78 is 8.29. The molecule has 0 unspecified atom stereocenters. The zero-order valence-corrected chi connectivity index (χ0v) is 38.9. The third-order valence-electron chi connectivity index (χ3n) is 6.95. The number of nitrogens with one attached hydrogen (secondary N) is 1. The SMILES string of the molecule is C(#Cc1ccccc1)CN1CCN(c2ncccn2)CC1.CC(=O)O.CC(=O)O[B-]OC(C)=O.O=CC#Cc1ccccc1.[H-].[K+].[Na+].c1cnc(N2CCNCC2)nc1. The van der Waals surface area contributed by atoms with Gasteiger partial charge < -0.3 is 31.0 Å². The second-order valence-electron chi connectivity index (χ2n) is 11.4. The van der Waals surface area contributed by atoms with E-state index in [1.165, 1.54) is 13.8 Å². The molecule has 2 aliphatic rings. The molecule has 0 atom stereocenters. The number of piperazine rings is 2. The van der Waals surface area contributed by atoms with Gasteiger partial charge in [0.25, 0.3) is 17.9 Å². The first-order valence-electron chi connectivity index (χ1n) is 17.5. The van der Waals surface area contributed by atoms with Crippen molar-refractivity contribution in [3.8, 4) is 23.7 Å². The Morgan fingerprint density at radius 2 is 1.14 bits per heavy atom. The zero-order valence-electron chi connectivity index (χ0n) is 34.8. The molecule has 294 valence electrons. The summed E-state index contributed by atoms with van der Waals surface area (Å²) >= 11 is 0. The molecule has 2 aromatic heterocycles. The third-order valence-corrected chi connectivity index (χ3v) is 6.95. The molecule has 0 amide bonds. The Labute approximate surface area is 407 Å². The quantitative estimate of drug-likeness (QED) is 0.116. The molecular weight excluding hydrogens is 777 g/mol. The Hall–Kier alpha value is -3.98. The predicted molar refractivity (Wildman–Crippen MR) is 214 cm³/mol. The Balaban J connectivity index is 0. The Morgan fingerprint density at radius 1 is 0.724 bits per heavy atom. The minimum Gasteiger partial charge on any atom is -1.00 e. The number of nitrogens with zero attached hydrogens (tertiary/aromatic N) is 7. The standard InChI is InChI=1S/C17H18N4.C9H6O.C8H12N4.C4H6BO4.C2H4O2.K.Na.H/c1-2-6-16(7-3-1)8-4-11-20-12-14-21(15-13-20)17-18-9-5-10-19-17;10-8-4-7-9-5-2-1-3-6-9;1-2-10-8(11-3-1)12-6-4-9-5-7-12;1-3(6)8-5-9-4(2)7;1-2(3)4;;;/h1-3,5-7,9-10H,11-15H2;1-3,5-6,8H;1-3,9H,4-7H2;1-2H3;1H3,(H,3,4);;;/q;;;-1;;2*+1;-1. The van der Waals surface area contributed by atoms with E-state index in [1.807, 2.05) is 72.8 Å². The smallest absolute Gasteiger partial charge is 1.00 e. The van der Waals surface area contributed by atoms with Crippen LogP contribution in [0.5, 0.6) is 0 Å². The monoisotopic (exact) mass is 824 g/mol. The molecule has 2 aromatic carbocycles. The average Bonchev–Trinajstić information content (AvgIpc) is 3.22.